The number of methoxy groups -OCH3 is 2. The molecule has 1 N–H and O–H groups in total. The van der Waals surface area contributed by atoms with Gasteiger partial charge in [-0.05, 0) is 36.4 Å². The third-order valence-corrected chi connectivity index (χ3v) is 5.00. The van der Waals surface area contributed by atoms with Gasteiger partial charge in [0.05, 0.1) is 24.9 Å². The summed E-state index contributed by atoms with van der Waals surface area (Å²) >= 11 is 7.11. The van der Waals surface area contributed by atoms with Gasteiger partial charge in [-0.3, -0.25) is 0 Å². The number of aromatic nitrogens is 1. The van der Waals surface area contributed by atoms with Crippen molar-refractivity contribution in [2.45, 2.75) is 0 Å². The summed E-state index contributed by atoms with van der Waals surface area (Å²) in [6.45, 7) is 0. The molecular weight excluding hydrogens is 401 g/mol. The minimum absolute atomic E-state index is 0.00176. The molecule has 1 heterocycles. The van der Waals surface area contributed by atoms with Crippen molar-refractivity contribution in [3.63, 3.8) is 0 Å². The van der Waals surface area contributed by atoms with Crippen LogP contribution in [0.3, 0.4) is 0 Å². The number of nitriles is 1. The van der Waals surface area contributed by atoms with Gasteiger partial charge < -0.3 is 14.8 Å². The van der Waals surface area contributed by atoms with Gasteiger partial charge in [0, 0.05) is 22.8 Å². The van der Waals surface area contributed by atoms with E-state index in [0.717, 1.165) is 5.56 Å². The average molecular weight is 416 g/mol. The van der Waals surface area contributed by atoms with Crippen LogP contribution in [-0.2, 0) is 0 Å². The Hall–Kier alpha value is -3.08. The summed E-state index contributed by atoms with van der Waals surface area (Å²) in [5, 5.41) is 14.8. The molecule has 0 spiro atoms. The van der Waals surface area contributed by atoms with Gasteiger partial charge >= 0.3 is 0 Å². The number of thiazole rings is 1. The summed E-state index contributed by atoms with van der Waals surface area (Å²) in [5.41, 5.74) is 2.47. The standard InChI is InChI=1S/C20H15ClFN3O2S/c1-26-18-6-3-12(7-19(18)27-2)17-11-28-20(25-17)13(9-23)10-24-14-4-5-16(22)15(21)8-14/h3-8,10-11,24H,1-2H3. The second kappa shape index (κ2) is 8.74. The van der Waals surface area contributed by atoms with Gasteiger partial charge in [0.25, 0.3) is 0 Å². The molecule has 0 atom stereocenters. The van der Waals surface area contributed by atoms with Crippen LogP contribution in [0.2, 0.25) is 5.02 Å². The number of hydrogen-bond acceptors (Lipinski definition) is 6. The molecule has 0 fully saturated rings. The molecule has 0 saturated carbocycles. The highest BCUT2D eigenvalue weighted by Gasteiger charge is 2.12. The topological polar surface area (TPSA) is 67.2 Å². The maximum absolute atomic E-state index is 13.2. The zero-order chi connectivity index (χ0) is 20.1. The van der Waals surface area contributed by atoms with Crippen LogP contribution in [0.5, 0.6) is 11.5 Å². The molecule has 28 heavy (non-hydrogen) atoms. The monoisotopic (exact) mass is 415 g/mol. The van der Waals surface area contributed by atoms with Crippen LogP contribution in [0.4, 0.5) is 10.1 Å². The molecule has 0 amide bonds. The number of rotatable bonds is 6. The summed E-state index contributed by atoms with van der Waals surface area (Å²) in [7, 11) is 3.14. The molecule has 0 bridgehead atoms. The predicted molar refractivity (Wildman–Crippen MR) is 109 cm³/mol. The Morgan fingerprint density at radius 3 is 2.68 bits per heavy atom. The third kappa shape index (κ3) is 4.25. The summed E-state index contributed by atoms with van der Waals surface area (Å²) in [4.78, 5) is 4.53. The van der Waals surface area contributed by atoms with Crippen LogP contribution in [-0.4, -0.2) is 19.2 Å². The van der Waals surface area contributed by atoms with Gasteiger partial charge in [-0.2, -0.15) is 5.26 Å². The normalized spacial score (nSPS) is 11.0. The first-order valence-corrected chi connectivity index (χ1v) is 9.31. The highest BCUT2D eigenvalue weighted by atomic mass is 35.5. The Bertz CT molecular complexity index is 1080. The molecule has 0 aliphatic rings. The summed E-state index contributed by atoms with van der Waals surface area (Å²) in [6, 6.07) is 11.8. The zero-order valence-corrected chi connectivity index (χ0v) is 16.6. The molecule has 3 aromatic rings. The number of ether oxygens (including phenoxy) is 2. The van der Waals surface area contributed by atoms with E-state index >= 15 is 0 Å². The van der Waals surface area contributed by atoms with Crippen molar-refractivity contribution >= 4 is 34.2 Å². The number of allylic oxidation sites excluding steroid dienone is 1. The van der Waals surface area contributed by atoms with Gasteiger partial charge in [0.2, 0.25) is 0 Å². The van der Waals surface area contributed by atoms with Crippen molar-refractivity contribution in [2.75, 3.05) is 19.5 Å². The largest absolute Gasteiger partial charge is 0.493 e. The molecule has 8 heteroatoms. The van der Waals surface area contributed by atoms with E-state index in [1.807, 2.05) is 17.5 Å². The fourth-order valence-electron chi connectivity index (χ4n) is 2.41. The van der Waals surface area contributed by atoms with Crippen LogP contribution in [0, 0.1) is 17.1 Å². The first-order valence-electron chi connectivity index (χ1n) is 8.06. The molecule has 5 nitrogen and oxygen atoms in total. The quantitative estimate of drug-likeness (QED) is 0.531. The maximum atomic E-state index is 13.2. The fourth-order valence-corrected chi connectivity index (χ4v) is 3.38. The Kier molecular flexibility index (Phi) is 6.14. The van der Waals surface area contributed by atoms with Crippen molar-refractivity contribution in [1.82, 2.24) is 4.98 Å². The number of nitrogens with one attached hydrogen (secondary N) is 1. The van der Waals surface area contributed by atoms with E-state index < -0.39 is 5.82 Å². The SMILES string of the molecule is COc1ccc(-c2csc(C(C#N)=CNc3ccc(F)c(Cl)c3)n2)cc1OC. The van der Waals surface area contributed by atoms with Crippen molar-refractivity contribution in [3.8, 4) is 28.8 Å². The van der Waals surface area contributed by atoms with Gasteiger partial charge in [-0.1, -0.05) is 11.6 Å². The van der Waals surface area contributed by atoms with Gasteiger partial charge in [0.1, 0.15) is 22.5 Å². The summed E-state index contributed by atoms with van der Waals surface area (Å²) in [6.07, 6.45) is 1.51. The highest BCUT2D eigenvalue weighted by Crippen LogP contribution is 2.33. The van der Waals surface area contributed by atoms with Crippen molar-refractivity contribution in [3.05, 3.63) is 63.8 Å². The molecule has 2 aromatic carbocycles. The highest BCUT2D eigenvalue weighted by molar-refractivity contribution is 7.11. The molecule has 3 rings (SSSR count). The zero-order valence-electron chi connectivity index (χ0n) is 15.0. The number of hydrogen-bond donors (Lipinski definition) is 1. The molecule has 0 radical (unpaired) electrons. The molecule has 142 valence electrons. The Labute approximate surface area is 170 Å². The lowest BCUT2D eigenvalue weighted by Gasteiger charge is -2.08. The fraction of sp³-hybridized carbons (Fsp3) is 0.100. The number of benzene rings is 2. The summed E-state index contributed by atoms with van der Waals surface area (Å²) in [5.74, 6) is 0.720. The van der Waals surface area contributed by atoms with Crippen molar-refractivity contribution in [2.24, 2.45) is 0 Å². The van der Waals surface area contributed by atoms with Gasteiger partial charge in [0.15, 0.2) is 11.5 Å². The van der Waals surface area contributed by atoms with Crippen LogP contribution in [0.1, 0.15) is 5.01 Å². The minimum Gasteiger partial charge on any atom is -0.493 e. The van der Waals surface area contributed by atoms with Crippen molar-refractivity contribution < 1.29 is 13.9 Å². The maximum Gasteiger partial charge on any atom is 0.161 e. The molecule has 1 aromatic heterocycles. The van der Waals surface area contributed by atoms with E-state index in [2.05, 4.69) is 16.4 Å². The molecule has 0 unspecified atom stereocenters. The van der Waals surface area contributed by atoms with E-state index in [1.54, 1.807) is 20.3 Å². The van der Waals surface area contributed by atoms with E-state index in [0.29, 0.717) is 33.5 Å². The number of anilines is 1. The third-order valence-electron chi connectivity index (χ3n) is 3.84. The molecule has 0 aliphatic heterocycles. The second-order valence-electron chi connectivity index (χ2n) is 5.55. The van der Waals surface area contributed by atoms with Crippen LogP contribution in [0.15, 0.2) is 48.0 Å². The minimum atomic E-state index is -0.504. The Balaban J connectivity index is 1.85. The van der Waals surface area contributed by atoms with Crippen LogP contribution < -0.4 is 14.8 Å². The summed E-state index contributed by atoms with van der Waals surface area (Å²) < 4.78 is 23.8. The Morgan fingerprint density at radius 2 is 2.00 bits per heavy atom. The first-order chi connectivity index (χ1) is 13.5. The lowest BCUT2D eigenvalue weighted by atomic mass is 10.1. The number of halogens is 2. The predicted octanol–water partition coefficient (Wildman–Crippen LogP) is 5.60. The van der Waals surface area contributed by atoms with E-state index in [4.69, 9.17) is 21.1 Å². The number of nitrogens with zero attached hydrogens (tertiary/aromatic N) is 2. The molecular formula is C20H15ClFN3O2S. The van der Waals surface area contributed by atoms with Gasteiger partial charge in [-0.15, -0.1) is 11.3 Å². The van der Waals surface area contributed by atoms with E-state index in [9.17, 15) is 9.65 Å². The average Bonchev–Trinajstić information content (AvgIpc) is 3.20. The first kappa shape index (κ1) is 19.7. The van der Waals surface area contributed by atoms with Crippen molar-refractivity contribution in [1.29, 1.82) is 5.26 Å². The van der Waals surface area contributed by atoms with Crippen LogP contribution >= 0.6 is 22.9 Å². The smallest absolute Gasteiger partial charge is 0.161 e. The lowest BCUT2D eigenvalue weighted by molar-refractivity contribution is 0.355. The molecule has 0 aliphatic carbocycles. The molecule has 0 saturated heterocycles. The lowest BCUT2D eigenvalue weighted by Crippen LogP contribution is -1.92. The van der Waals surface area contributed by atoms with E-state index in [-0.39, 0.29) is 5.02 Å². The van der Waals surface area contributed by atoms with Crippen LogP contribution in [0.25, 0.3) is 16.8 Å². The second-order valence-corrected chi connectivity index (χ2v) is 6.82. The Morgan fingerprint density at radius 1 is 1.21 bits per heavy atom. The van der Waals surface area contributed by atoms with E-state index in [1.165, 1.54) is 35.7 Å². The van der Waals surface area contributed by atoms with Gasteiger partial charge in [-0.25, -0.2) is 9.37 Å².